The second kappa shape index (κ2) is 6.92. The maximum absolute atomic E-state index is 5.86. The molecule has 0 bridgehead atoms. The molecule has 0 unspecified atom stereocenters. The van der Waals surface area contributed by atoms with Crippen molar-refractivity contribution in [2.45, 2.75) is 39.5 Å². The minimum absolute atomic E-state index is 0.151. The maximum Gasteiger partial charge on any atom is 0.172 e. The molecule has 0 spiro atoms. The van der Waals surface area contributed by atoms with Gasteiger partial charge in [0.2, 0.25) is 0 Å². The van der Waals surface area contributed by atoms with Crippen LogP contribution in [0, 0.1) is 6.92 Å². The van der Waals surface area contributed by atoms with Crippen LogP contribution in [-0.2, 0) is 11.3 Å². The zero-order valence-electron chi connectivity index (χ0n) is 15.3. The van der Waals surface area contributed by atoms with Gasteiger partial charge in [0.1, 0.15) is 11.5 Å². The summed E-state index contributed by atoms with van der Waals surface area (Å²) in [6.07, 6.45) is 0.302. The van der Waals surface area contributed by atoms with E-state index in [9.17, 15) is 0 Å². The molecule has 2 atom stereocenters. The Balaban J connectivity index is 1.68. The Hall–Kier alpha value is -2.67. The van der Waals surface area contributed by atoms with Gasteiger partial charge < -0.3 is 19.5 Å². The third kappa shape index (κ3) is 3.48. The number of nitrogens with zero attached hydrogens (tertiary/aromatic N) is 4. The van der Waals surface area contributed by atoms with Gasteiger partial charge in [-0.15, -0.1) is 0 Å². The number of benzene rings is 1. The number of hydrogen-bond acceptors (Lipinski definition) is 7. The molecule has 1 saturated heterocycles. The Kier molecular flexibility index (Phi) is 4.46. The number of aryl methyl sites for hydroxylation is 1. The van der Waals surface area contributed by atoms with Crippen LogP contribution in [0.1, 0.15) is 25.3 Å². The molecule has 4 rings (SSSR count). The van der Waals surface area contributed by atoms with Crippen LogP contribution in [0.5, 0.6) is 0 Å². The van der Waals surface area contributed by atoms with Crippen LogP contribution in [0.2, 0.25) is 0 Å². The van der Waals surface area contributed by atoms with Crippen molar-refractivity contribution in [3.63, 3.8) is 0 Å². The normalized spacial score (nSPS) is 20.5. The molecular formula is C19H23N5O2. The fourth-order valence-corrected chi connectivity index (χ4v) is 3.36. The minimum Gasteiger partial charge on any atom is -0.372 e. The molecule has 7 nitrogen and oxygen atoms in total. The number of morpholine rings is 1. The summed E-state index contributed by atoms with van der Waals surface area (Å²) in [6.45, 7) is 8.16. The zero-order valence-corrected chi connectivity index (χ0v) is 15.3. The molecule has 0 saturated carbocycles. The summed E-state index contributed by atoms with van der Waals surface area (Å²) in [4.78, 5) is 11.9. The van der Waals surface area contributed by atoms with Crippen molar-refractivity contribution >= 4 is 22.7 Å². The molecule has 3 aromatic rings. The lowest BCUT2D eigenvalue weighted by Gasteiger charge is -2.36. The molecule has 0 amide bonds. The van der Waals surface area contributed by atoms with Gasteiger partial charge in [0.15, 0.2) is 11.6 Å². The number of nitrogens with one attached hydrogen (secondary N) is 1. The lowest BCUT2D eigenvalue weighted by atomic mass is 10.2. The second-order valence-corrected chi connectivity index (χ2v) is 6.83. The molecule has 1 aromatic carbocycles. The molecule has 1 aliphatic heterocycles. The smallest absolute Gasteiger partial charge is 0.172 e. The molecule has 1 fully saturated rings. The molecule has 2 aromatic heterocycles. The van der Waals surface area contributed by atoms with Crippen molar-refractivity contribution in [1.82, 2.24) is 15.1 Å². The average Bonchev–Trinajstić information content (AvgIpc) is 3.03. The van der Waals surface area contributed by atoms with E-state index in [1.807, 2.05) is 37.3 Å². The van der Waals surface area contributed by atoms with E-state index in [4.69, 9.17) is 19.2 Å². The Bertz CT molecular complexity index is 900. The zero-order chi connectivity index (χ0) is 18.1. The van der Waals surface area contributed by atoms with E-state index in [0.717, 1.165) is 47.2 Å². The van der Waals surface area contributed by atoms with Gasteiger partial charge in [0.25, 0.3) is 0 Å². The summed E-state index contributed by atoms with van der Waals surface area (Å²) in [5.74, 6) is 2.40. The average molecular weight is 353 g/mol. The second-order valence-electron chi connectivity index (χ2n) is 6.83. The van der Waals surface area contributed by atoms with Gasteiger partial charge in [-0.3, -0.25) is 0 Å². The van der Waals surface area contributed by atoms with Gasteiger partial charge in [0.05, 0.1) is 29.8 Å². The number of fused-ring (bicyclic) bond motifs is 1. The van der Waals surface area contributed by atoms with E-state index < -0.39 is 0 Å². The molecule has 1 N–H and O–H groups in total. The van der Waals surface area contributed by atoms with Crippen LogP contribution in [0.4, 0.5) is 11.6 Å². The largest absolute Gasteiger partial charge is 0.372 e. The third-order valence-corrected chi connectivity index (χ3v) is 4.39. The van der Waals surface area contributed by atoms with Crippen molar-refractivity contribution in [1.29, 1.82) is 0 Å². The fourth-order valence-electron chi connectivity index (χ4n) is 3.36. The first-order valence-corrected chi connectivity index (χ1v) is 8.92. The Morgan fingerprint density at radius 3 is 2.46 bits per heavy atom. The highest BCUT2D eigenvalue weighted by molar-refractivity contribution is 5.80. The summed E-state index contributed by atoms with van der Waals surface area (Å²) in [7, 11) is 0. The van der Waals surface area contributed by atoms with Crippen LogP contribution < -0.4 is 10.2 Å². The van der Waals surface area contributed by atoms with E-state index in [0.29, 0.717) is 6.54 Å². The van der Waals surface area contributed by atoms with Crippen LogP contribution >= 0.6 is 0 Å². The Morgan fingerprint density at radius 2 is 1.81 bits per heavy atom. The number of ether oxygens (including phenoxy) is 1. The predicted molar refractivity (Wildman–Crippen MR) is 100 cm³/mol. The summed E-state index contributed by atoms with van der Waals surface area (Å²) in [5, 5.41) is 7.42. The SMILES string of the molecule is Cc1cc(CNc2nc3ccccc3nc2N2C[C@@H](C)O[C@@H](C)C2)no1. The first-order valence-electron chi connectivity index (χ1n) is 8.92. The summed E-state index contributed by atoms with van der Waals surface area (Å²) >= 11 is 0. The van der Waals surface area contributed by atoms with Crippen molar-refractivity contribution in [3.8, 4) is 0 Å². The monoisotopic (exact) mass is 353 g/mol. The topological polar surface area (TPSA) is 76.3 Å². The van der Waals surface area contributed by atoms with Crippen molar-refractivity contribution in [2.75, 3.05) is 23.3 Å². The van der Waals surface area contributed by atoms with Gasteiger partial charge in [-0.05, 0) is 32.9 Å². The first kappa shape index (κ1) is 16.8. The van der Waals surface area contributed by atoms with Crippen LogP contribution in [0.25, 0.3) is 11.0 Å². The maximum atomic E-state index is 5.86. The van der Waals surface area contributed by atoms with Gasteiger partial charge in [-0.2, -0.15) is 0 Å². The summed E-state index contributed by atoms with van der Waals surface area (Å²) in [6, 6.07) is 9.84. The number of aromatic nitrogens is 3. The molecule has 136 valence electrons. The van der Waals surface area contributed by atoms with E-state index in [1.165, 1.54) is 0 Å². The van der Waals surface area contributed by atoms with Crippen LogP contribution in [0.15, 0.2) is 34.9 Å². The van der Waals surface area contributed by atoms with Gasteiger partial charge in [-0.25, -0.2) is 9.97 Å². The van der Waals surface area contributed by atoms with Crippen LogP contribution in [0.3, 0.4) is 0 Å². The molecule has 0 radical (unpaired) electrons. The van der Waals surface area contributed by atoms with Crippen LogP contribution in [-0.4, -0.2) is 40.4 Å². The van der Waals surface area contributed by atoms with E-state index in [-0.39, 0.29) is 12.2 Å². The predicted octanol–water partition coefficient (Wildman–Crippen LogP) is 3.15. The minimum atomic E-state index is 0.151. The lowest BCUT2D eigenvalue weighted by Crippen LogP contribution is -2.46. The standard InChI is InChI=1S/C19H23N5O2/c1-12-8-15(23-26-12)9-20-18-19(24-10-13(2)25-14(3)11-24)22-17-7-5-4-6-16(17)21-18/h4-8,13-14H,9-11H2,1-3H3,(H,20,21)/t13-,14+. The summed E-state index contributed by atoms with van der Waals surface area (Å²) < 4.78 is 11.0. The molecule has 0 aliphatic carbocycles. The van der Waals surface area contributed by atoms with E-state index in [2.05, 4.69) is 29.2 Å². The van der Waals surface area contributed by atoms with E-state index in [1.54, 1.807) is 0 Å². The number of rotatable bonds is 4. The third-order valence-electron chi connectivity index (χ3n) is 4.39. The van der Waals surface area contributed by atoms with Crippen molar-refractivity contribution < 1.29 is 9.26 Å². The lowest BCUT2D eigenvalue weighted by molar-refractivity contribution is -0.00541. The quantitative estimate of drug-likeness (QED) is 0.772. The molecular weight excluding hydrogens is 330 g/mol. The van der Waals surface area contributed by atoms with Gasteiger partial charge >= 0.3 is 0 Å². The summed E-state index contributed by atoms with van der Waals surface area (Å²) in [5.41, 5.74) is 2.59. The highest BCUT2D eigenvalue weighted by atomic mass is 16.5. The van der Waals surface area contributed by atoms with Crippen molar-refractivity contribution in [2.24, 2.45) is 0 Å². The number of para-hydroxylation sites is 2. The Labute approximate surface area is 152 Å². The van der Waals surface area contributed by atoms with Crippen molar-refractivity contribution in [3.05, 3.63) is 41.8 Å². The van der Waals surface area contributed by atoms with E-state index >= 15 is 0 Å². The highest BCUT2D eigenvalue weighted by Gasteiger charge is 2.26. The highest BCUT2D eigenvalue weighted by Crippen LogP contribution is 2.28. The molecule has 3 heterocycles. The van der Waals surface area contributed by atoms with Gasteiger partial charge in [0, 0.05) is 19.2 Å². The first-order chi connectivity index (χ1) is 12.6. The van der Waals surface area contributed by atoms with Gasteiger partial charge in [-0.1, -0.05) is 17.3 Å². The fraction of sp³-hybridized carbons (Fsp3) is 0.421. The Morgan fingerprint density at radius 1 is 1.12 bits per heavy atom. The number of anilines is 2. The number of hydrogen-bond donors (Lipinski definition) is 1. The molecule has 1 aliphatic rings. The molecule has 26 heavy (non-hydrogen) atoms. The molecule has 7 heteroatoms.